The van der Waals surface area contributed by atoms with Crippen LogP contribution >= 0.6 is 0 Å². The number of fused-ring (bicyclic) bond motifs is 1. The van der Waals surface area contributed by atoms with Gasteiger partial charge in [-0.1, -0.05) is 56.3 Å². The highest BCUT2D eigenvalue weighted by molar-refractivity contribution is 6.02. The zero-order valence-electron chi connectivity index (χ0n) is 24.1. The molecule has 1 amide bonds. The van der Waals surface area contributed by atoms with Crippen LogP contribution in [0.5, 0.6) is 5.75 Å². The maximum atomic E-state index is 14.0. The number of anilines is 3. The van der Waals surface area contributed by atoms with Crippen molar-refractivity contribution in [2.24, 2.45) is 5.41 Å². The summed E-state index contributed by atoms with van der Waals surface area (Å²) < 4.78 is 5.59. The van der Waals surface area contributed by atoms with Gasteiger partial charge in [-0.3, -0.25) is 9.59 Å². The molecule has 1 fully saturated rings. The molecule has 212 valence electrons. The fraction of sp³-hybridized carbons (Fsp3) is 0.353. The van der Waals surface area contributed by atoms with Gasteiger partial charge >= 0.3 is 0 Å². The van der Waals surface area contributed by atoms with Gasteiger partial charge in [-0.2, -0.15) is 0 Å². The minimum absolute atomic E-state index is 0.0630. The second-order valence-corrected chi connectivity index (χ2v) is 12.0. The van der Waals surface area contributed by atoms with Gasteiger partial charge in [-0.15, -0.1) is 0 Å². The first kappa shape index (κ1) is 26.9. The van der Waals surface area contributed by atoms with Crippen molar-refractivity contribution < 1.29 is 14.3 Å². The highest BCUT2D eigenvalue weighted by atomic mass is 16.5. The molecule has 7 heteroatoms. The van der Waals surface area contributed by atoms with Crippen molar-refractivity contribution in [3.8, 4) is 5.75 Å². The zero-order valence-corrected chi connectivity index (χ0v) is 24.1. The van der Waals surface area contributed by atoms with Crippen LogP contribution in [-0.4, -0.2) is 56.4 Å². The number of hydrogen-bond donors (Lipinski definition) is 1. The summed E-state index contributed by atoms with van der Waals surface area (Å²) in [6.45, 7) is 7.35. The van der Waals surface area contributed by atoms with E-state index in [0.717, 1.165) is 53.5 Å². The van der Waals surface area contributed by atoms with Crippen LogP contribution in [0.1, 0.15) is 38.3 Å². The lowest BCUT2D eigenvalue weighted by Crippen LogP contribution is -2.52. The van der Waals surface area contributed by atoms with E-state index in [2.05, 4.69) is 41.1 Å². The first-order valence-electron chi connectivity index (χ1n) is 14.4. The number of methoxy groups -OCH3 is 1. The van der Waals surface area contributed by atoms with Gasteiger partial charge in [-0.05, 0) is 53.8 Å². The highest BCUT2D eigenvalue weighted by Gasteiger charge is 2.42. The van der Waals surface area contributed by atoms with Crippen LogP contribution in [0.15, 0.2) is 90.1 Å². The molecule has 3 aromatic rings. The van der Waals surface area contributed by atoms with E-state index < -0.39 is 6.04 Å². The van der Waals surface area contributed by atoms with E-state index in [9.17, 15) is 9.59 Å². The fourth-order valence-corrected chi connectivity index (χ4v) is 6.48. The van der Waals surface area contributed by atoms with Crippen molar-refractivity contribution in [3.05, 3.63) is 95.7 Å². The third-order valence-electron chi connectivity index (χ3n) is 8.47. The number of ether oxygens (including phenoxy) is 1. The molecule has 1 unspecified atom stereocenters. The number of benzene rings is 3. The van der Waals surface area contributed by atoms with Crippen molar-refractivity contribution in [1.29, 1.82) is 0 Å². The normalized spacial score (nSPS) is 20.1. The second kappa shape index (κ2) is 11.0. The fourth-order valence-electron chi connectivity index (χ4n) is 6.48. The summed E-state index contributed by atoms with van der Waals surface area (Å²) in [6, 6.07) is 25.9. The molecule has 41 heavy (non-hydrogen) atoms. The zero-order chi connectivity index (χ0) is 28.6. The van der Waals surface area contributed by atoms with Crippen molar-refractivity contribution in [1.82, 2.24) is 4.90 Å². The first-order valence-corrected chi connectivity index (χ1v) is 14.4. The number of piperazine rings is 1. The SMILES string of the molecule is COc1cccc(C2C3=C(CC(C)(C)CC3=O)Nc3ccccc3N2CC(=O)N2CCN(c3ccccc3)CC2)c1. The Labute approximate surface area is 242 Å². The summed E-state index contributed by atoms with van der Waals surface area (Å²) >= 11 is 0. The van der Waals surface area contributed by atoms with Crippen LogP contribution in [0.25, 0.3) is 0 Å². The molecule has 0 radical (unpaired) electrons. The monoisotopic (exact) mass is 550 g/mol. The Kier molecular flexibility index (Phi) is 7.20. The molecule has 1 atom stereocenters. The number of amides is 1. The third kappa shape index (κ3) is 5.41. The maximum absolute atomic E-state index is 14.0. The van der Waals surface area contributed by atoms with Crippen LogP contribution < -0.4 is 19.9 Å². The Morgan fingerprint density at radius 3 is 2.41 bits per heavy atom. The van der Waals surface area contributed by atoms with Crippen molar-refractivity contribution in [2.75, 3.05) is 55.0 Å². The van der Waals surface area contributed by atoms with E-state index in [1.165, 1.54) is 5.69 Å². The molecule has 0 saturated carbocycles. The largest absolute Gasteiger partial charge is 0.497 e. The Bertz CT molecular complexity index is 1470. The van der Waals surface area contributed by atoms with Gasteiger partial charge < -0.3 is 24.8 Å². The van der Waals surface area contributed by atoms with Crippen LogP contribution in [0.3, 0.4) is 0 Å². The van der Waals surface area contributed by atoms with Gasteiger partial charge in [0.25, 0.3) is 0 Å². The Balaban J connectivity index is 1.37. The van der Waals surface area contributed by atoms with Crippen LogP contribution in [0, 0.1) is 5.41 Å². The molecule has 6 rings (SSSR count). The molecule has 3 aromatic carbocycles. The summed E-state index contributed by atoms with van der Waals surface area (Å²) in [5.74, 6) is 0.911. The van der Waals surface area contributed by atoms with Gasteiger partial charge in [0.2, 0.25) is 5.91 Å². The number of ketones is 1. The maximum Gasteiger partial charge on any atom is 0.242 e. The molecule has 7 nitrogen and oxygen atoms in total. The number of nitrogens with zero attached hydrogens (tertiary/aromatic N) is 3. The number of Topliss-reactive ketones (excluding diaryl/α,β-unsaturated/α-hetero) is 1. The molecule has 3 aliphatic rings. The summed E-state index contributed by atoms with van der Waals surface area (Å²) in [4.78, 5) is 34.3. The standard InChI is InChI=1S/C34H38N4O3/c1-34(2)21-28-32(30(39)22-34)33(24-10-9-13-26(20-24)41-3)38(29-15-8-7-14-27(29)35-28)23-31(40)37-18-16-36(17-19-37)25-11-5-4-6-12-25/h4-15,20,33,35H,16-19,21-23H2,1-3H3. The lowest BCUT2D eigenvalue weighted by molar-refractivity contribution is -0.130. The second-order valence-electron chi connectivity index (χ2n) is 12.0. The lowest BCUT2D eigenvalue weighted by Gasteiger charge is -2.40. The third-order valence-corrected chi connectivity index (χ3v) is 8.47. The highest BCUT2D eigenvalue weighted by Crippen LogP contribution is 2.48. The van der Waals surface area contributed by atoms with Gasteiger partial charge in [0.1, 0.15) is 5.75 Å². The Hall–Kier alpha value is -4.26. The average Bonchev–Trinajstić information content (AvgIpc) is 3.11. The molecule has 1 aliphatic carbocycles. The van der Waals surface area contributed by atoms with E-state index in [0.29, 0.717) is 19.5 Å². The average molecular weight is 551 g/mol. The molecule has 1 saturated heterocycles. The van der Waals surface area contributed by atoms with Gasteiger partial charge in [0.15, 0.2) is 5.78 Å². The van der Waals surface area contributed by atoms with Crippen molar-refractivity contribution in [2.45, 2.75) is 32.7 Å². The predicted molar refractivity (Wildman–Crippen MR) is 163 cm³/mol. The number of carbonyl (C=O) groups is 2. The smallest absolute Gasteiger partial charge is 0.242 e. The molecular formula is C34H38N4O3. The molecule has 0 aromatic heterocycles. The number of carbonyl (C=O) groups excluding carboxylic acids is 2. The Morgan fingerprint density at radius 1 is 0.927 bits per heavy atom. The quantitative estimate of drug-likeness (QED) is 0.442. The van der Waals surface area contributed by atoms with E-state index in [1.54, 1.807) is 7.11 Å². The van der Waals surface area contributed by atoms with E-state index in [1.807, 2.05) is 71.6 Å². The van der Waals surface area contributed by atoms with E-state index in [-0.39, 0.29) is 23.7 Å². The minimum Gasteiger partial charge on any atom is -0.497 e. The van der Waals surface area contributed by atoms with Crippen LogP contribution in [-0.2, 0) is 9.59 Å². The summed E-state index contributed by atoms with van der Waals surface area (Å²) in [5, 5.41) is 3.64. The van der Waals surface area contributed by atoms with Crippen molar-refractivity contribution >= 4 is 28.8 Å². The number of allylic oxidation sites excluding steroid dienone is 1. The predicted octanol–water partition coefficient (Wildman–Crippen LogP) is 5.66. The number of nitrogens with one attached hydrogen (secondary N) is 1. The molecule has 1 N–H and O–H groups in total. The lowest BCUT2D eigenvalue weighted by atomic mass is 9.73. The van der Waals surface area contributed by atoms with Gasteiger partial charge in [0, 0.05) is 49.6 Å². The topological polar surface area (TPSA) is 65.1 Å². The Morgan fingerprint density at radius 2 is 1.66 bits per heavy atom. The molecule has 0 bridgehead atoms. The van der Waals surface area contributed by atoms with Crippen molar-refractivity contribution in [3.63, 3.8) is 0 Å². The van der Waals surface area contributed by atoms with Crippen LogP contribution in [0.2, 0.25) is 0 Å². The van der Waals surface area contributed by atoms with E-state index in [4.69, 9.17) is 4.74 Å². The molecule has 2 aliphatic heterocycles. The summed E-state index contributed by atoms with van der Waals surface area (Å²) in [6.07, 6.45) is 1.22. The van der Waals surface area contributed by atoms with Crippen LogP contribution in [0.4, 0.5) is 17.1 Å². The summed E-state index contributed by atoms with van der Waals surface area (Å²) in [7, 11) is 1.65. The number of rotatable bonds is 5. The van der Waals surface area contributed by atoms with E-state index >= 15 is 0 Å². The molecule has 0 spiro atoms. The number of hydrogen-bond acceptors (Lipinski definition) is 6. The van der Waals surface area contributed by atoms with Gasteiger partial charge in [-0.25, -0.2) is 0 Å². The molecule has 2 heterocycles. The molecular weight excluding hydrogens is 512 g/mol. The first-order chi connectivity index (χ1) is 19.8. The minimum atomic E-state index is -0.422. The summed E-state index contributed by atoms with van der Waals surface area (Å²) in [5.41, 5.74) is 5.48. The number of para-hydroxylation sites is 3. The van der Waals surface area contributed by atoms with Gasteiger partial charge in [0.05, 0.1) is 31.1 Å².